The summed E-state index contributed by atoms with van der Waals surface area (Å²) in [5, 5.41) is 4.69. The third-order valence-electron chi connectivity index (χ3n) is 4.45. The quantitative estimate of drug-likeness (QED) is 0.372. The highest BCUT2D eigenvalue weighted by molar-refractivity contribution is 7.98. The molecular formula is C21H21N7OS. The van der Waals surface area contributed by atoms with Crippen LogP contribution in [-0.2, 0) is 5.75 Å². The number of aromatic amines is 1. The number of H-pyrrole nitrogens is 1. The van der Waals surface area contributed by atoms with Crippen molar-refractivity contribution in [2.24, 2.45) is 0 Å². The van der Waals surface area contributed by atoms with E-state index in [2.05, 4.69) is 35.2 Å². The molecule has 1 aromatic carbocycles. The van der Waals surface area contributed by atoms with Crippen LogP contribution in [0.3, 0.4) is 0 Å². The molecule has 0 amide bonds. The molecule has 0 fully saturated rings. The van der Waals surface area contributed by atoms with E-state index in [1.165, 1.54) is 17.8 Å². The van der Waals surface area contributed by atoms with Gasteiger partial charge < -0.3 is 0 Å². The van der Waals surface area contributed by atoms with E-state index in [1.807, 2.05) is 52.0 Å². The molecule has 0 unspecified atom stereocenters. The van der Waals surface area contributed by atoms with Crippen molar-refractivity contribution in [1.29, 1.82) is 0 Å². The molecule has 0 bridgehead atoms. The molecule has 0 radical (unpaired) electrons. The number of fused-ring (bicyclic) bond motifs is 1. The van der Waals surface area contributed by atoms with Gasteiger partial charge >= 0.3 is 0 Å². The third-order valence-corrected chi connectivity index (χ3v) is 5.34. The molecule has 0 atom stereocenters. The van der Waals surface area contributed by atoms with Crippen molar-refractivity contribution in [2.75, 3.05) is 5.32 Å². The Bertz CT molecular complexity index is 1280. The first kappa shape index (κ1) is 20.0. The average molecular weight is 420 g/mol. The molecule has 4 rings (SSSR count). The maximum absolute atomic E-state index is 12.1. The molecule has 0 aliphatic heterocycles. The smallest absolute Gasteiger partial charge is 0.252 e. The molecular weight excluding hydrogens is 398 g/mol. The summed E-state index contributed by atoms with van der Waals surface area (Å²) < 4.78 is 0. The number of rotatable bonds is 5. The van der Waals surface area contributed by atoms with Crippen LogP contribution in [-0.4, -0.2) is 29.9 Å². The zero-order valence-electron chi connectivity index (χ0n) is 17.1. The molecule has 3 aromatic heterocycles. The summed E-state index contributed by atoms with van der Waals surface area (Å²) in [5.74, 6) is 1.16. The zero-order chi connectivity index (χ0) is 21.3. The Kier molecular flexibility index (Phi) is 5.45. The standard InChI is InChI=1S/C21H21N7OS/c1-11-6-5-7-16-14(4)24-19(27-18(11)16)28-20-25-15(9-17(29)26-20)10-30-21-22-12(2)8-13(3)23-21/h5-9H,10H2,1-4H3,(H2,24,25,26,27,28,29). The summed E-state index contributed by atoms with van der Waals surface area (Å²) in [6.45, 7) is 7.80. The van der Waals surface area contributed by atoms with E-state index in [-0.39, 0.29) is 5.56 Å². The minimum absolute atomic E-state index is 0.252. The summed E-state index contributed by atoms with van der Waals surface area (Å²) in [7, 11) is 0. The number of anilines is 2. The van der Waals surface area contributed by atoms with E-state index in [0.717, 1.165) is 33.5 Å². The van der Waals surface area contributed by atoms with Crippen molar-refractivity contribution in [3.63, 3.8) is 0 Å². The van der Waals surface area contributed by atoms with Gasteiger partial charge in [-0.25, -0.2) is 24.9 Å². The fraction of sp³-hybridized carbons (Fsp3) is 0.238. The molecule has 0 saturated carbocycles. The normalized spacial score (nSPS) is 11.1. The fourth-order valence-corrected chi connectivity index (χ4v) is 3.99. The Morgan fingerprint density at radius 1 is 0.967 bits per heavy atom. The number of aromatic nitrogens is 6. The second kappa shape index (κ2) is 8.19. The van der Waals surface area contributed by atoms with Gasteiger partial charge in [0.2, 0.25) is 11.9 Å². The van der Waals surface area contributed by atoms with Crippen molar-refractivity contribution in [3.05, 3.63) is 69.0 Å². The van der Waals surface area contributed by atoms with Gasteiger partial charge in [-0.15, -0.1) is 0 Å². The minimum atomic E-state index is -0.252. The van der Waals surface area contributed by atoms with Gasteiger partial charge in [0, 0.05) is 28.6 Å². The molecule has 152 valence electrons. The molecule has 4 aromatic rings. The largest absolute Gasteiger partial charge is 0.294 e. The van der Waals surface area contributed by atoms with E-state index in [9.17, 15) is 4.79 Å². The van der Waals surface area contributed by atoms with Crippen molar-refractivity contribution < 1.29 is 0 Å². The maximum atomic E-state index is 12.1. The first-order chi connectivity index (χ1) is 14.4. The fourth-order valence-electron chi connectivity index (χ4n) is 3.15. The summed E-state index contributed by atoms with van der Waals surface area (Å²) in [5.41, 5.74) is 4.96. The predicted molar refractivity (Wildman–Crippen MR) is 118 cm³/mol. The Morgan fingerprint density at radius 3 is 2.50 bits per heavy atom. The highest BCUT2D eigenvalue weighted by Crippen LogP contribution is 2.22. The van der Waals surface area contributed by atoms with Crippen molar-refractivity contribution in [2.45, 2.75) is 38.6 Å². The van der Waals surface area contributed by atoms with Gasteiger partial charge in [-0.2, -0.15) is 0 Å². The first-order valence-electron chi connectivity index (χ1n) is 9.44. The average Bonchev–Trinajstić information content (AvgIpc) is 2.66. The van der Waals surface area contributed by atoms with Crippen LogP contribution in [0.15, 0.2) is 40.3 Å². The van der Waals surface area contributed by atoms with Crippen molar-refractivity contribution >= 4 is 34.6 Å². The number of aryl methyl sites for hydroxylation is 4. The van der Waals surface area contributed by atoms with E-state index in [4.69, 9.17) is 0 Å². The SMILES string of the molecule is Cc1cc(C)nc(SCc2cc(=O)[nH]c(Nc3nc(C)c4cccc(C)c4n3)n2)n1. The lowest BCUT2D eigenvalue weighted by Crippen LogP contribution is -2.13. The van der Waals surface area contributed by atoms with Gasteiger partial charge in [0.05, 0.1) is 16.9 Å². The lowest BCUT2D eigenvalue weighted by Gasteiger charge is -2.09. The van der Waals surface area contributed by atoms with Crippen LogP contribution >= 0.6 is 11.8 Å². The molecule has 9 heteroatoms. The molecule has 8 nitrogen and oxygen atoms in total. The topological polar surface area (TPSA) is 109 Å². The number of nitrogens with one attached hydrogen (secondary N) is 2. The molecule has 0 aliphatic carbocycles. The molecule has 0 aliphatic rings. The zero-order valence-corrected chi connectivity index (χ0v) is 18.0. The number of nitrogens with zero attached hydrogens (tertiary/aromatic N) is 5. The van der Waals surface area contributed by atoms with Crippen LogP contribution in [0.4, 0.5) is 11.9 Å². The van der Waals surface area contributed by atoms with Crippen molar-refractivity contribution in [3.8, 4) is 0 Å². The number of hydrogen-bond donors (Lipinski definition) is 2. The van der Waals surface area contributed by atoms with E-state index in [1.54, 1.807) is 0 Å². The Balaban J connectivity index is 1.58. The number of hydrogen-bond acceptors (Lipinski definition) is 8. The molecule has 0 spiro atoms. The predicted octanol–water partition coefficient (Wildman–Crippen LogP) is 3.77. The lowest BCUT2D eigenvalue weighted by molar-refractivity contribution is 0.900. The molecule has 3 heterocycles. The van der Waals surface area contributed by atoms with Crippen LogP contribution in [0, 0.1) is 27.7 Å². The molecule has 30 heavy (non-hydrogen) atoms. The summed E-state index contributed by atoms with van der Waals surface area (Å²) in [4.78, 5) is 37.2. The van der Waals surface area contributed by atoms with Crippen LogP contribution in [0.5, 0.6) is 0 Å². The van der Waals surface area contributed by atoms with E-state index < -0.39 is 0 Å². The highest BCUT2D eigenvalue weighted by Gasteiger charge is 2.10. The van der Waals surface area contributed by atoms with Crippen LogP contribution in [0.1, 0.15) is 28.3 Å². The second-order valence-corrected chi connectivity index (χ2v) is 7.98. The Morgan fingerprint density at radius 2 is 1.73 bits per heavy atom. The van der Waals surface area contributed by atoms with E-state index >= 15 is 0 Å². The number of para-hydroxylation sites is 1. The minimum Gasteiger partial charge on any atom is -0.294 e. The summed E-state index contributed by atoms with van der Waals surface area (Å²) >= 11 is 1.44. The molecule has 2 N–H and O–H groups in total. The van der Waals surface area contributed by atoms with Gasteiger partial charge in [0.1, 0.15) is 0 Å². The highest BCUT2D eigenvalue weighted by atomic mass is 32.2. The van der Waals surface area contributed by atoms with Crippen LogP contribution in [0.2, 0.25) is 0 Å². The van der Waals surface area contributed by atoms with Crippen LogP contribution < -0.4 is 10.9 Å². The summed E-state index contributed by atoms with van der Waals surface area (Å²) in [6, 6.07) is 9.38. The maximum Gasteiger partial charge on any atom is 0.252 e. The monoisotopic (exact) mass is 419 g/mol. The summed E-state index contributed by atoms with van der Waals surface area (Å²) in [6.07, 6.45) is 0. The van der Waals surface area contributed by atoms with Crippen molar-refractivity contribution in [1.82, 2.24) is 29.9 Å². The van der Waals surface area contributed by atoms with Crippen LogP contribution in [0.25, 0.3) is 10.9 Å². The van der Waals surface area contributed by atoms with Gasteiger partial charge in [-0.1, -0.05) is 30.0 Å². The van der Waals surface area contributed by atoms with E-state index in [0.29, 0.717) is 28.5 Å². The number of benzene rings is 1. The number of thioether (sulfide) groups is 1. The van der Waals surface area contributed by atoms with Gasteiger partial charge in [0.25, 0.3) is 5.56 Å². The van der Waals surface area contributed by atoms with Gasteiger partial charge in [-0.05, 0) is 39.3 Å². The van der Waals surface area contributed by atoms with Gasteiger partial charge in [0.15, 0.2) is 5.16 Å². The third kappa shape index (κ3) is 4.46. The Labute approximate surface area is 177 Å². The van der Waals surface area contributed by atoms with Gasteiger partial charge in [-0.3, -0.25) is 15.1 Å². The first-order valence-corrected chi connectivity index (χ1v) is 10.4. The Hall–Kier alpha value is -3.33. The molecule has 0 saturated heterocycles. The lowest BCUT2D eigenvalue weighted by atomic mass is 10.1. The second-order valence-electron chi connectivity index (χ2n) is 7.04.